The molecular formula is C10H21N3. The molecule has 0 amide bonds. The van der Waals surface area contributed by atoms with Gasteiger partial charge in [-0.3, -0.25) is 0 Å². The minimum atomic E-state index is 0.0156. The van der Waals surface area contributed by atoms with Crippen molar-refractivity contribution in [3.63, 3.8) is 0 Å². The maximum Gasteiger partial charge on any atom is 0.177 e. The van der Waals surface area contributed by atoms with Gasteiger partial charge in [0, 0.05) is 6.54 Å². The molecule has 76 valence electrons. The molecule has 1 heterocycles. The number of likely N-dealkylation sites (N-methyl/N-ethyl adjacent to an activating group) is 1. The SMILES string of the molecule is CC.CN1CCCC(C)(NC#N)C1. The molecule has 1 unspecified atom stereocenters. The molecule has 1 aliphatic heterocycles. The van der Waals surface area contributed by atoms with E-state index in [-0.39, 0.29) is 5.54 Å². The molecule has 1 fully saturated rings. The minimum absolute atomic E-state index is 0.0156. The average Bonchev–Trinajstić information content (AvgIpc) is 2.07. The Morgan fingerprint density at radius 2 is 2.08 bits per heavy atom. The van der Waals surface area contributed by atoms with Gasteiger partial charge in [0.25, 0.3) is 0 Å². The summed E-state index contributed by atoms with van der Waals surface area (Å²) < 4.78 is 0. The van der Waals surface area contributed by atoms with Crippen LogP contribution in [0.15, 0.2) is 0 Å². The van der Waals surface area contributed by atoms with E-state index >= 15 is 0 Å². The second-order valence-electron chi connectivity index (χ2n) is 3.64. The molecule has 1 rings (SSSR count). The number of hydrogen-bond acceptors (Lipinski definition) is 3. The smallest absolute Gasteiger partial charge is 0.177 e. The van der Waals surface area contributed by atoms with Crippen molar-refractivity contribution in [2.45, 2.75) is 39.2 Å². The Kier molecular flexibility index (Phi) is 5.48. The van der Waals surface area contributed by atoms with Crippen LogP contribution in [0.1, 0.15) is 33.6 Å². The zero-order valence-electron chi connectivity index (χ0n) is 9.22. The van der Waals surface area contributed by atoms with Gasteiger partial charge in [0.2, 0.25) is 0 Å². The molecule has 1 atom stereocenters. The highest BCUT2D eigenvalue weighted by molar-refractivity contribution is 4.94. The Hall–Kier alpha value is -0.750. The standard InChI is InChI=1S/C8H15N3.C2H6/c1-8(10-7-9)4-3-5-11(2)6-8;1-2/h10H,3-6H2,1-2H3;1-2H3. The van der Waals surface area contributed by atoms with Crippen molar-refractivity contribution in [3.05, 3.63) is 0 Å². The van der Waals surface area contributed by atoms with Crippen molar-refractivity contribution >= 4 is 0 Å². The maximum absolute atomic E-state index is 8.49. The van der Waals surface area contributed by atoms with Crippen molar-refractivity contribution in [2.75, 3.05) is 20.1 Å². The summed E-state index contributed by atoms with van der Waals surface area (Å²) in [6, 6.07) is 0. The second-order valence-corrected chi connectivity index (χ2v) is 3.64. The summed E-state index contributed by atoms with van der Waals surface area (Å²) in [6.45, 7) is 8.23. The van der Waals surface area contributed by atoms with Gasteiger partial charge in [-0.2, -0.15) is 5.26 Å². The summed E-state index contributed by atoms with van der Waals surface area (Å²) in [5.41, 5.74) is 0.0156. The first-order chi connectivity index (χ1) is 6.16. The molecule has 3 nitrogen and oxygen atoms in total. The third kappa shape index (κ3) is 4.14. The molecule has 13 heavy (non-hydrogen) atoms. The lowest BCUT2D eigenvalue weighted by atomic mass is 9.92. The lowest BCUT2D eigenvalue weighted by molar-refractivity contribution is 0.173. The van der Waals surface area contributed by atoms with Gasteiger partial charge in [0.15, 0.2) is 6.19 Å². The molecule has 1 aliphatic rings. The van der Waals surface area contributed by atoms with Crippen molar-refractivity contribution in [3.8, 4) is 6.19 Å². The number of nitrogens with one attached hydrogen (secondary N) is 1. The highest BCUT2D eigenvalue weighted by Crippen LogP contribution is 2.18. The zero-order chi connectivity index (χ0) is 10.3. The van der Waals surface area contributed by atoms with E-state index in [0.717, 1.165) is 19.5 Å². The van der Waals surface area contributed by atoms with Gasteiger partial charge in [-0.25, -0.2) is 0 Å². The van der Waals surface area contributed by atoms with Crippen LogP contribution in [0.5, 0.6) is 0 Å². The average molecular weight is 183 g/mol. The van der Waals surface area contributed by atoms with Crippen LogP contribution in [0, 0.1) is 11.5 Å². The van der Waals surface area contributed by atoms with Gasteiger partial charge in [-0.05, 0) is 33.4 Å². The fourth-order valence-corrected chi connectivity index (χ4v) is 1.73. The Morgan fingerprint density at radius 1 is 1.46 bits per heavy atom. The van der Waals surface area contributed by atoms with Crippen molar-refractivity contribution in [1.82, 2.24) is 10.2 Å². The molecule has 0 saturated carbocycles. The van der Waals surface area contributed by atoms with Crippen molar-refractivity contribution in [2.24, 2.45) is 0 Å². The van der Waals surface area contributed by atoms with Crippen LogP contribution in [-0.4, -0.2) is 30.6 Å². The van der Waals surface area contributed by atoms with Crippen LogP contribution in [-0.2, 0) is 0 Å². The van der Waals surface area contributed by atoms with E-state index in [2.05, 4.69) is 24.2 Å². The topological polar surface area (TPSA) is 39.1 Å². The highest BCUT2D eigenvalue weighted by atomic mass is 15.2. The molecule has 0 aromatic heterocycles. The number of hydrogen-bond donors (Lipinski definition) is 1. The number of nitrogens with zero attached hydrogens (tertiary/aromatic N) is 2. The lowest BCUT2D eigenvalue weighted by Gasteiger charge is -2.37. The Labute approximate surface area is 81.7 Å². The molecule has 1 N–H and O–H groups in total. The van der Waals surface area contributed by atoms with Gasteiger partial charge >= 0.3 is 0 Å². The second kappa shape index (κ2) is 5.82. The largest absolute Gasteiger partial charge is 0.317 e. The van der Waals surface area contributed by atoms with Crippen LogP contribution in [0.4, 0.5) is 0 Å². The van der Waals surface area contributed by atoms with E-state index < -0.39 is 0 Å². The van der Waals surface area contributed by atoms with E-state index in [1.165, 1.54) is 6.42 Å². The first kappa shape index (κ1) is 12.2. The van der Waals surface area contributed by atoms with Crippen molar-refractivity contribution in [1.29, 1.82) is 5.26 Å². The van der Waals surface area contributed by atoms with E-state index in [4.69, 9.17) is 5.26 Å². The molecular weight excluding hydrogens is 162 g/mol. The molecule has 1 saturated heterocycles. The van der Waals surface area contributed by atoms with Crippen LogP contribution >= 0.6 is 0 Å². The summed E-state index contributed by atoms with van der Waals surface area (Å²) in [6.07, 6.45) is 4.31. The predicted molar refractivity (Wildman–Crippen MR) is 55.2 cm³/mol. The zero-order valence-corrected chi connectivity index (χ0v) is 9.22. The fourth-order valence-electron chi connectivity index (χ4n) is 1.73. The lowest BCUT2D eigenvalue weighted by Crippen LogP contribution is -2.52. The third-order valence-electron chi connectivity index (χ3n) is 2.24. The molecule has 0 radical (unpaired) electrons. The van der Waals surface area contributed by atoms with Crippen LogP contribution in [0.2, 0.25) is 0 Å². The van der Waals surface area contributed by atoms with E-state index in [1.54, 1.807) is 0 Å². The van der Waals surface area contributed by atoms with E-state index in [9.17, 15) is 0 Å². The number of piperidine rings is 1. The molecule has 3 heteroatoms. The first-order valence-electron chi connectivity index (χ1n) is 5.01. The summed E-state index contributed by atoms with van der Waals surface area (Å²) in [5.74, 6) is 0. The monoisotopic (exact) mass is 183 g/mol. The molecule has 0 spiro atoms. The Balaban J connectivity index is 0.000000671. The van der Waals surface area contributed by atoms with E-state index in [1.807, 2.05) is 20.0 Å². The maximum atomic E-state index is 8.49. The predicted octanol–water partition coefficient (Wildman–Crippen LogP) is 1.57. The van der Waals surface area contributed by atoms with Crippen LogP contribution in [0.3, 0.4) is 0 Å². The number of likely N-dealkylation sites (tertiary alicyclic amines) is 1. The van der Waals surface area contributed by atoms with Gasteiger partial charge in [0.1, 0.15) is 0 Å². The van der Waals surface area contributed by atoms with Gasteiger partial charge in [-0.1, -0.05) is 13.8 Å². The normalized spacial score (nSPS) is 28.2. The highest BCUT2D eigenvalue weighted by Gasteiger charge is 2.28. The molecule has 0 aromatic carbocycles. The van der Waals surface area contributed by atoms with Gasteiger partial charge < -0.3 is 10.2 Å². The van der Waals surface area contributed by atoms with Crippen molar-refractivity contribution < 1.29 is 0 Å². The minimum Gasteiger partial charge on any atom is -0.317 e. The molecule has 0 bridgehead atoms. The Morgan fingerprint density at radius 3 is 2.54 bits per heavy atom. The molecule has 0 aliphatic carbocycles. The quantitative estimate of drug-likeness (QED) is 0.495. The van der Waals surface area contributed by atoms with E-state index in [0.29, 0.717) is 0 Å². The van der Waals surface area contributed by atoms with Gasteiger partial charge in [0.05, 0.1) is 5.54 Å². The molecule has 0 aromatic rings. The summed E-state index contributed by atoms with van der Waals surface area (Å²) in [5, 5.41) is 11.3. The number of rotatable bonds is 1. The number of nitriles is 1. The Bertz CT molecular complexity index is 173. The summed E-state index contributed by atoms with van der Waals surface area (Å²) in [7, 11) is 2.09. The van der Waals surface area contributed by atoms with Crippen LogP contribution in [0.25, 0.3) is 0 Å². The third-order valence-corrected chi connectivity index (χ3v) is 2.24. The van der Waals surface area contributed by atoms with Gasteiger partial charge in [-0.15, -0.1) is 0 Å². The van der Waals surface area contributed by atoms with Crippen LogP contribution < -0.4 is 5.32 Å². The first-order valence-corrected chi connectivity index (χ1v) is 5.01. The fraction of sp³-hybridized carbons (Fsp3) is 0.900. The summed E-state index contributed by atoms with van der Waals surface area (Å²) in [4.78, 5) is 2.26. The summed E-state index contributed by atoms with van der Waals surface area (Å²) >= 11 is 0.